The van der Waals surface area contributed by atoms with Gasteiger partial charge in [-0.25, -0.2) is 17.5 Å². The van der Waals surface area contributed by atoms with Crippen LogP contribution in [-0.2, 0) is 10.0 Å². The van der Waals surface area contributed by atoms with Gasteiger partial charge in [0.15, 0.2) is 0 Å². The summed E-state index contributed by atoms with van der Waals surface area (Å²) in [5, 5.41) is 9.08. The minimum atomic E-state index is -3.56. The molecule has 0 saturated carbocycles. The third-order valence-corrected chi connectivity index (χ3v) is 4.96. The van der Waals surface area contributed by atoms with Crippen LogP contribution in [0.5, 0.6) is 0 Å². The summed E-state index contributed by atoms with van der Waals surface area (Å²) in [6, 6.07) is 10.7. The van der Waals surface area contributed by atoms with E-state index < -0.39 is 16.0 Å². The quantitative estimate of drug-likeness (QED) is 0.838. The molecule has 2 rings (SSSR count). The summed E-state index contributed by atoms with van der Waals surface area (Å²) in [6.45, 7) is 0. The normalized spacial score (nSPS) is 11.6. The molecule has 0 unspecified atom stereocenters. The second kappa shape index (κ2) is 5.78. The summed E-state index contributed by atoms with van der Waals surface area (Å²) >= 11 is 0. The van der Waals surface area contributed by atoms with E-state index in [1.807, 2.05) is 0 Å². The molecule has 116 valence electrons. The van der Waals surface area contributed by atoms with Gasteiger partial charge >= 0.3 is 5.97 Å². The van der Waals surface area contributed by atoms with Gasteiger partial charge in [-0.3, -0.25) is 0 Å². The molecule has 0 atom stereocenters. The maximum atomic E-state index is 12.2. The lowest BCUT2D eigenvalue weighted by Crippen LogP contribution is -2.22. The van der Waals surface area contributed by atoms with E-state index in [0.717, 1.165) is 4.31 Å². The van der Waals surface area contributed by atoms with Gasteiger partial charge in [-0.2, -0.15) is 0 Å². The van der Waals surface area contributed by atoms with Crippen molar-refractivity contribution in [2.75, 3.05) is 19.8 Å². The van der Waals surface area contributed by atoms with Gasteiger partial charge in [0.2, 0.25) is 10.0 Å². The van der Waals surface area contributed by atoms with E-state index in [1.165, 1.54) is 38.4 Å². The maximum absolute atomic E-state index is 12.2. The number of carbonyl (C=O) groups is 1. The molecule has 22 heavy (non-hydrogen) atoms. The minimum absolute atomic E-state index is 0.0517. The van der Waals surface area contributed by atoms with Gasteiger partial charge in [0.05, 0.1) is 10.5 Å². The van der Waals surface area contributed by atoms with Crippen LogP contribution in [0.2, 0.25) is 0 Å². The fourth-order valence-electron chi connectivity index (χ4n) is 1.99. The van der Waals surface area contributed by atoms with Crippen molar-refractivity contribution in [3.05, 3.63) is 48.0 Å². The van der Waals surface area contributed by atoms with Crippen LogP contribution >= 0.6 is 0 Å². The van der Waals surface area contributed by atoms with Crippen LogP contribution in [0.1, 0.15) is 10.4 Å². The minimum Gasteiger partial charge on any atom is -0.478 e. The zero-order valence-corrected chi connectivity index (χ0v) is 13.0. The second-order valence-electron chi connectivity index (χ2n) is 4.96. The summed E-state index contributed by atoms with van der Waals surface area (Å²) in [6.07, 6.45) is 0. The molecule has 7 heteroatoms. The number of nitrogens with two attached hydrogens (primary N) is 1. The Balaban J connectivity index is 2.58. The van der Waals surface area contributed by atoms with Crippen molar-refractivity contribution >= 4 is 21.7 Å². The maximum Gasteiger partial charge on any atom is 0.335 e. The number of aromatic carboxylic acids is 1. The molecule has 0 heterocycles. The Morgan fingerprint density at radius 3 is 2.36 bits per heavy atom. The van der Waals surface area contributed by atoms with Crippen LogP contribution < -0.4 is 5.73 Å². The Hall–Kier alpha value is -2.38. The van der Waals surface area contributed by atoms with Crippen molar-refractivity contribution in [3.63, 3.8) is 0 Å². The fourth-order valence-corrected chi connectivity index (χ4v) is 2.94. The Labute approximate surface area is 128 Å². The first-order chi connectivity index (χ1) is 10.2. The highest BCUT2D eigenvalue weighted by Gasteiger charge is 2.17. The van der Waals surface area contributed by atoms with Gasteiger partial charge in [-0.15, -0.1) is 0 Å². The molecule has 0 saturated heterocycles. The molecular weight excluding hydrogens is 304 g/mol. The Morgan fingerprint density at radius 1 is 1.09 bits per heavy atom. The highest BCUT2D eigenvalue weighted by atomic mass is 32.2. The monoisotopic (exact) mass is 320 g/mol. The van der Waals surface area contributed by atoms with Gasteiger partial charge in [-0.1, -0.05) is 12.1 Å². The molecule has 0 aliphatic heterocycles. The number of carboxylic acids is 1. The number of carboxylic acid groups (broad SMARTS) is 1. The molecule has 0 fully saturated rings. The SMILES string of the molecule is CN(C)S(=O)(=O)c1cccc(-c2cc(N)cc(C(=O)O)c2)c1. The molecule has 0 spiro atoms. The smallest absolute Gasteiger partial charge is 0.335 e. The van der Waals surface area contributed by atoms with Crippen LogP contribution in [0.15, 0.2) is 47.4 Å². The highest BCUT2D eigenvalue weighted by molar-refractivity contribution is 7.89. The molecule has 0 aliphatic rings. The summed E-state index contributed by atoms with van der Waals surface area (Å²) < 4.78 is 25.4. The largest absolute Gasteiger partial charge is 0.478 e. The zero-order chi connectivity index (χ0) is 16.5. The lowest BCUT2D eigenvalue weighted by Gasteiger charge is -2.12. The Kier molecular flexibility index (Phi) is 4.20. The first-order valence-electron chi connectivity index (χ1n) is 6.38. The number of benzene rings is 2. The van der Waals surface area contributed by atoms with Gasteiger partial charge in [-0.05, 0) is 41.5 Å². The molecule has 3 N–H and O–H groups in total. The lowest BCUT2D eigenvalue weighted by atomic mass is 10.0. The van der Waals surface area contributed by atoms with E-state index in [1.54, 1.807) is 18.2 Å². The van der Waals surface area contributed by atoms with Crippen molar-refractivity contribution < 1.29 is 18.3 Å². The first-order valence-corrected chi connectivity index (χ1v) is 7.82. The average molecular weight is 320 g/mol. The predicted molar refractivity (Wildman–Crippen MR) is 84.1 cm³/mol. The van der Waals surface area contributed by atoms with Gasteiger partial charge < -0.3 is 10.8 Å². The van der Waals surface area contributed by atoms with Gasteiger partial charge in [0.25, 0.3) is 0 Å². The number of nitrogens with zero attached hydrogens (tertiary/aromatic N) is 1. The lowest BCUT2D eigenvalue weighted by molar-refractivity contribution is 0.0697. The van der Waals surface area contributed by atoms with Crippen LogP contribution in [0, 0.1) is 0 Å². The molecule has 0 amide bonds. The summed E-state index contributed by atoms with van der Waals surface area (Å²) in [5.74, 6) is -1.09. The van der Waals surface area contributed by atoms with E-state index in [0.29, 0.717) is 16.8 Å². The molecule has 0 aliphatic carbocycles. The van der Waals surface area contributed by atoms with E-state index in [-0.39, 0.29) is 10.5 Å². The van der Waals surface area contributed by atoms with Crippen LogP contribution in [-0.4, -0.2) is 37.9 Å². The summed E-state index contributed by atoms with van der Waals surface area (Å²) in [5.41, 5.74) is 7.20. The second-order valence-corrected chi connectivity index (χ2v) is 7.12. The number of rotatable bonds is 4. The highest BCUT2D eigenvalue weighted by Crippen LogP contribution is 2.26. The van der Waals surface area contributed by atoms with E-state index in [9.17, 15) is 13.2 Å². The number of anilines is 1. The third kappa shape index (κ3) is 3.10. The van der Waals surface area contributed by atoms with Crippen molar-refractivity contribution in [2.45, 2.75) is 4.90 Å². The predicted octanol–water partition coefficient (Wildman–Crippen LogP) is 1.88. The fraction of sp³-hybridized carbons (Fsp3) is 0.133. The van der Waals surface area contributed by atoms with E-state index in [2.05, 4.69) is 0 Å². The molecule has 0 aromatic heterocycles. The zero-order valence-electron chi connectivity index (χ0n) is 12.1. The Bertz CT molecular complexity index is 829. The van der Waals surface area contributed by atoms with E-state index >= 15 is 0 Å². The Morgan fingerprint density at radius 2 is 1.77 bits per heavy atom. The molecular formula is C15H16N2O4S. The average Bonchev–Trinajstić information content (AvgIpc) is 2.46. The topological polar surface area (TPSA) is 101 Å². The van der Waals surface area contributed by atoms with Crippen LogP contribution in [0.4, 0.5) is 5.69 Å². The van der Waals surface area contributed by atoms with Gasteiger partial charge in [0, 0.05) is 19.8 Å². The van der Waals surface area contributed by atoms with Crippen molar-refractivity contribution in [2.24, 2.45) is 0 Å². The molecule has 0 bridgehead atoms. The van der Waals surface area contributed by atoms with Crippen molar-refractivity contribution in [1.82, 2.24) is 4.31 Å². The summed E-state index contributed by atoms with van der Waals surface area (Å²) in [4.78, 5) is 11.2. The van der Waals surface area contributed by atoms with E-state index in [4.69, 9.17) is 10.8 Å². The van der Waals surface area contributed by atoms with Crippen LogP contribution in [0.3, 0.4) is 0 Å². The van der Waals surface area contributed by atoms with Crippen molar-refractivity contribution in [1.29, 1.82) is 0 Å². The number of hydrogen-bond donors (Lipinski definition) is 2. The first kappa shape index (κ1) is 16.0. The number of nitrogen functional groups attached to an aromatic ring is 1. The standard InChI is InChI=1S/C15H16N2O4S/c1-17(2)22(20,21)14-5-3-4-10(9-14)11-6-12(15(18)19)8-13(16)7-11/h3-9H,16H2,1-2H3,(H,18,19). The molecule has 2 aromatic rings. The van der Waals surface area contributed by atoms with Gasteiger partial charge in [0.1, 0.15) is 0 Å². The summed E-state index contributed by atoms with van der Waals surface area (Å²) in [7, 11) is -0.659. The third-order valence-electron chi connectivity index (χ3n) is 3.15. The molecule has 6 nitrogen and oxygen atoms in total. The number of sulfonamides is 1. The molecule has 0 radical (unpaired) electrons. The van der Waals surface area contributed by atoms with Crippen molar-refractivity contribution in [3.8, 4) is 11.1 Å². The van der Waals surface area contributed by atoms with Crippen LogP contribution in [0.25, 0.3) is 11.1 Å². The molecule has 2 aromatic carbocycles. The number of hydrogen-bond acceptors (Lipinski definition) is 4.